The number of nitriles is 2. The highest BCUT2D eigenvalue weighted by Gasteiger charge is 2.10. The predicted octanol–water partition coefficient (Wildman–Crippen LogP) is 2.14. The number of nitrogens with zero attached hydrogens (tertiary/aromatic N) is 4. The van der Waals surface area contributed by atoms with Crippen LogP contribution in [0.4, 0.5) is 5.82 Å². The van der Waals surface area contributed by atoms with Crippen LogP contribution in [0.1, 0.15) is 11.1 Å². The Labute approximate surface area is 103 Å². The molecule has 1 heterocycles. The van der Waals surface area contributed by atoms with Crippen LogP contribution in [0.5, 0.6) is 0 Å². The summed E-state index contributed by atoms with van der Waals surface area (Å²) < 4.78 is 0. The average molecular weight is 279 g/mol. The summed E-state index contributed by atoms with van der Waals surface area (Å²) in [5.74, 6) is 0.702. The number of hydrogen-bond donors (Lipinski definition) is 0. The molecule has 0 atom stereocenters. The summed E-state index contributed by atoms with van der Waals surface area (Å²) in [5, 5.41) is 18.1. The molecular weight excluding hydrogens is 268 g/mol. The SMILES string of the molecule is Cc1cc(CBr)cnc1N(CC#N)CC#N. The molecule has 0 bridgehead atoms. The Morgan fingerprint density at radius 1 is 1.38 bits per heavy atom. The van der Waals surface area contributed by atoms with Crippen molar-refractivity contribution in [3.63, 3.8) is 0 Å². The molecule has 0 fully saturated rings. The van der Waals surface area contributed by atoms with Gasteiger partial charge in [0.1, 0.15) is 18.9 Å². The second-order valence-electron chi connectivity index (χ2n) is 3.29. The minimum atomic E-state index is 0.176. The smallest absolute Gasteiger partial charge is 0.133 e. The fraction of sp³-hybridized carbons (Fsp3) is 0.364. The van der Waals surface area contributed by atoms with Crippen molar-refractivity contribution in [2.24, 2.45) is 0 Å². The minimum Gasteiger partial charge on any atom is -0.330 e. The lowest BCUT2D eigenvalue weighted by Crippen LogP contribution is -2.25. The van der Waals surface area contributed by atoms with Gasteiger partial charge in [-0.25, -0.2) is 4.98 Å². The second-order valence-corrected chi connectivity index (χ2v) is 3.85. The first kappa shape index (κ1) is 12.5. The highest BCUT2D eigenvalue weighted by molar-refractivity contribution is 9.08. The fourth-order valence-electron chi connectivity index (χ4n) is 1.41. The number of aromatic nitrogens is 1. The van der Waals surface area contributed by atoms with Crippen molar-refractivity contribution >= 4 is 21.7 Å². The maximum absolute atomic E-state index is 8.68. The van der Waals surface area contributed by atoms with Crippen LogP contribution in [-0.4, -0.2) is 18.1 Å². The van der Waals surface area contributed by atoms with Crippen LogP contribution >= 0.6 is 15.9 Å². The van der Waals surface area contributed by atoms with E-state index in [4.69, 9.17) is 10.5 Å². The predicted molar refractivity (Wildman–Crippen MR) is 65.0 cm³/mol. The van der Waals surface area contributed by atoms with Gasteiger partial charge in [0.25, 0.3) is 0 Å². The van der Waals surface area contributed by atoms with Crippen LogP contribution < -0.4 is 4.90 Å². The average Bonchev–Trinajstić information content (AvgIpc) is 2.29. The van der Waals surface area contributed by atoms with E-state index in [0.29, 0.717) is 5.82 Å². The van der Waals surface area contributed by atoms with Gasteiger partial charge in [-0.3, -0.25) is 0 Å². The van der Waals surface area contributed by atoms with Crippen LogP contribution in [-0.2, 0) is 5.33 Å². The van der Waals surface area contributed by atoms with E-state index in [0.717, 1.165) is 16.5 Å². The zero-order valence-electron chi connectivity index (χ0n) is 8.94. The maximum Gasteiger partial charge on any atom is 0.133 e. The third kappa shape index (κ3) is 2.95. The van der Waals surface area contributed by atoms with Gasteiger partial charge < -0.3 is 4.90 Å². The first-order chi connectivity index (χ1) is 7.72. The summed E-state index contributed by atoms with van der Waals surface area (Å²) in [7, 11) is 0. The normalized spacial score (nSPS) is 9.25. The van der Waals surface area contributed by atoms with Gasteiger partial charge in [-0.1, -0.05) is 22.0 Å². The van der Waals surface area contributed by atoms with E-state index in [9.17, 15) is 0 Å². The van der Waals surface area contributed by atoms with Gasteiger partial charge in [-0.15, -0.1) is 0 Å². The number of hydrogen-bond acceptors (Lipinski definition) is 4. The zero-order valence-corrected chi connectivity index (χ0v) is 10.5. The molecule has 1 aromatic rings. The van der Waals surface area contributed by atoms with E-state index in [1.54, 1.807) is 11.1 Å². The lowest BCUT2D eigenvalue weighted by molar-refractivity contribution is 0.924. The molecule has 0 N–H and O–H groups in total. The van der Waals surface area contributed by atoms with E-state index < -0.39 is 0 Å². The number of halogens is 1. The second kappa shape index (κ2) is 6.09. The topological polar surface area (TPSA) is 63.7 Å². The third-order valence-electron chi connectivity index (χ3n) is 2.08. The Morgan fingerprint density at radius 3 is 2.44 bits per heavy atom. The molecule has 0 saturated carbocycles. The Bertz CT molecular complexity index is 428. The fourth-order valence-corrected chi connectivity index (χ4v) is 1.71. The van der Waals surface area contributed by atoms with Gasteiger partial charge in [0.05, 0.1) is 12.1 Å². The molecule has 4 nitrogen and oxygen atoms in total. The summed E-state index contributed by atoms with van der Waals surface area (Å²) in [6.45, 7) is 2.28. The number of rotatable bonds is 4. The van der Waals surface area contributed by atoms with Gasteiger partial charge in [0.2, 0.25) is 0 Å². The molecule has 1 rings (SSSR count). The Kier molecular flexibility index (Phi) is 4.75. The Hall–Kier alpha value is -1.59. The molecule has 82 valence electrons. The monoisotopic (exact) mass is 278 g/mol. The van der Waals surface area contributed by atoms with Crippen molar-refractivity contribution in [2.45, 2.75) is 12.3 Å². The summed E-state index contributed by atoms with van der Waals surface area (Å²) in [4.78, 5) is 5.94. The van der Waals surface area contributed by atoms with Crippen LogP contribution in [0.25, 0.3) is 0 Å². The number of anilines is 1. The number of pyridine rings is 1. The molecular formula is C11H11BrN4. The Balaban J connectivity index is 3.02. The van der Waals surface area contributed by atoms with Crippen molar-refractivity contribution in [1.29, 1.82) is 10.5 Å². The number of alkyl halides is 1. The summed E-state index contributed by atoms with van der Waals surface area (Å²) in [6.07, 6.45) is 1.75. The molecule has 0 aliphatic carbocycles. The van der Waals surface area contributed by atoms with Gasteiger partial charge in [0.15, 0.2) is 0 Å². The molecule has 0 aliphatic rings. The van der Waals surface area contributed by atoms with Gasteiger partial charge >= 0.3 is 0 Å². The van der Waals surface area contributed by atoms with E-state index in [1.165, 1.54) is 0 Å². The standard InChI is InChI=1S/C11H11BrN4/c1-9-6-10(7-12)8-15-11(9)16(4-2-13)5-3-14/h6,8H,4-5,7H2,1H3. The van der Waals surface area contributed by atoms with Crippen LogP contribution in [0, 0.1) is 29.6 Å². The molecule has 0 unspecified atom stereocenters. The van der Waals surface area contributed by atoms with Gasteiger partial charge in [0, 0.05) is 11.5 Å². The van der Waals surface area contributed by atoms with E-state index in [1.807, 2.05) is 25.1 Å². The first-order valence-electron chi connectivity index (χ1n) is 4.73. The van der Waals surface area contributed by atoms with Crippen molar-refractivity contribution in [3.05, 3.63) is 23.4 Å². The van der Waals surface area contributed by atoms with E-state index >= 15 is 0 Å². The lowest BCUT2D eigenvalue weighted by atomic mass is 10.2. The minimum absolute atomic E-state index is 0.176. The van der Waals surface area contributed by atoms with Crippen molar-refractivity contribution in [3.8, 4) is 12.1 Å². The van der Waals surface area contributed by atoms with Crippen molar-refractivity contribution in [1.82, 2.24) is 4.98 Å². The third-order valence-corrected chi connectivity index (χ3v) is 2.73. The molecule has 0 radical (unpaired) electrons. The highest BCUT2D eigenvalue weighted by Crippen LogP contribution is 2.18. The summed E-state index contributed by atoms with van der Waals surface area (Å²) in [6, 6.07) is 6.06. The van der Waals surface area contributed by atoms with Crippen LogP contribution in [0.2, 0.25) is 0 Å². The molecule has 5 heteroatoms. The molecule has 0 aliphatic heterocycles. The number of aryl methyl sites for hydroxylation is 1. The van der Waals surface area contributed by atoms with Crippen LogP contribution in [0.3, 0.4) is 0 Å². The zero-order chi connectivity index (χ0) is 12.0. The molecule has 1 aromatic heterocycles. The maximum atomic E-state index is 8.68. The van der Waals surface area contributed by atoms with Gasteiger partial charge in [-0.2, -0.15) is 10.5 Å². The van der Waals surface area contributed by atoms with Crippen molar-refractivity contribution < 1.29 is 0 Å². The highest BCUT2D eigenvalue weighted by atomic mass is 79.9. The molecule has 0 saturated heterocycles. The van der Waals surface area contributed by atoms with Crippen LogP contribution in [0.15, 0.2) is 12.3 Å². The van der Waals surface area contributed by atoms with Crippen molar-refractivity contribution in [2.75, 3.05) is 18.0 Å². The lowest BCUT2D eigenvalue weighted by Gasteiger charge is -2.19. The summed E-state index contributed by atoms with van der Waals surface area (Å²) in [5.41, 5.74) is 2.05. The molecule has 0 aromatic carbocycles. The Morgan fingerprint density at radius 2 is 2.00 bits per heavy atom. The van der Waals surface area contributed by atoms with E-state index in [-0.39, 0.29) is 13.1 Å². The summed E-state index contributed by atoms with van der Waals surface area (Å²) >= 11 is 3.36. The van der Waals surface area contributed by atoms with Gasteiger partial charge in [-0.05, 0) is 18.1 Å². The molecule has 16 heavy (non-hydrogen) atoms. The molecule has 0 spiro atoms. The molecule has 0 amide bonds. The largest absolute Gasteiger partial charge is 0.330 e. The quantitative estimate of drug-likeness (QED) is 0.625. The van der Waals surface area contributed by atoms with E-state index in [2.05, 4.69) is 20.9 Å². The first-order valence-corrected chi connectivity index (χ1v) is 5.85.